The third kappa shape index (κ3) is 2.37. The zero-order chi connectivity index (χ0) is 14.9. The highest BCUT2D eigenvalue weighted by molar-refractivity contribution is 5.83. The van der Waals surface area contributed by atoms with Crippen LogP contribution in [0.3, 0.4) is 0 Å². The van der Waals surface area contributed by atoms with Crippen molar-refractivity contribution in [3.63, 3.8) is 0 Å². The summed E-state index contributed by atoms with van der Waals surface area (Å²) in [6.45, 7) is 0. The minimum atomic E-state index is -0.397. The summed E-state index contributed by atoms with van der Waals surface area (Å²) in [5.74, 6) is 0.838. The molecule has 3 nitrogen and oxygen atoms in total. The predicted molar refractivity (Wildman–Crippen MR) is 84.8 cm³/mol. The Hall–Kier alpha value is -2.29. The molecular formula is C19H19NO2. The Morgan fingerprint density at radius 2 is 1.82 bits per heavy atom. The zero-order valence-corrected chi connectivity index (χ0v) is 12.4. The molecule has 1 N–H and O–H groups in total. The number of aryl methyl sites for hydroxylation is 1. The molecule has 0 unspecified atom stereocenters. The Morgan fingerprint density at radius 1 is 1.05 bits per heavy atom. The lowest BCUT2D eigenvalue weighted by Crippen LogP contribution is -2.40. The minimum absolute atomic E-state index is 0.00194. The molecule has 0 bridgehead atoms. The Morgan fingerprint density at radius 3 is 2.68 bits per heavy atom. The first-order valence-corrected chi connectivity index (χ1v) is 7.94. The molecule has 0 aromatic heterocycles. The number of fused-ring (bicyclic) bond motifs is 2. The van der Waals surface area contributed by atoms with Crippen LogP contribution in [-0.4, -0.2) is 12.0 Å². The number of hydrogen-bond donors (Lipinski definition) is 1. The molecule has 0 spiro atoms. The fourth-order valence-electron chi connectivity index (χ4n) is 3.50. The first-order valence-electron chi connectivity index (χ1n) is 7.94. The second kappa shape index (κ2) is 5.48. The molecule has 0 fully saturated rings. The monoisotopic (exact) mass is 293 g/mol. The topological polar surface area (TPSA) is 38.3 Å². The van der Waals surface area contributed by atoms with Crippen molar-refractivity contribution >= 4 is 5.91 Å². The Balaban J connectivity index is 1.48. The quantitative estimate of drug-likeness (QED) is 0.923. The van der Waals surface area contributed by atoms with Gasteiger partial charge >= 0.3 is 0 Å². The van der Waals surface area contributed by atoms with Crippen molar-refractivity contribution in [2.24, 2.45) is 0 Å². The van der Waals surface area contributed by atoms with Crippen LogP contribution in [0.4, 0.5) is 0 Å². The van der Waals surface area contributed by atoms with E-state index in [4.69, 9.17) is 4.74 Å². The van der Waals surface area contributed by atoms with Crippen LogP contribution < -0.4 is 10.1 Å². The third-order valence-electron chi connectivity index (χ3n) is 4.63. The molecule has 0 saturated carbocycles. The molecule has 0 saturated heterocycles. The summed E-state index contributed by atoms with van der Waals surface area (Å²) >= 11 is 0. The second-order valence-electron chi connectivity index (χ2n) is 6.07. The molecule has 0 radical (unpaired) electrons. The van der Waals surface area contributed by atoms with Gasteiger partial charge < -0.3 is 10.1 Å². The summed E-state index contributed by atoms with van der Waals surface area (Å²) in [4.78, 5) is 12.6. The first kappa shape index (κ1) is 13.4. The van der Waals surface area contributed by atoms with E-state index in [-0.39, 0.29) is 11.9 Å². The van der Waals surface area contributed by atoms with E-state index in [1.54, 1.807) is 0 Å². The van der Waals surface area contributed by atoms with Gasteiger partial charge in [0.25, 0.3) is 5.91 Å². The Bertz CT molecular complexity index is 685. The predicted octanol–water partition coefficient (Wildman–Crippen LogP) is 3.18. The molecule has 2 aromatic carbocycles. The average Bonchev–Trinajstić information content (AvgIpc) is 2.99. The summed E-state index contributed by atoms with van der Waals surface area (Å²) in [6, 6.07) is 16.4. The van der Waals surface area contributed by atoms with E-state index in [9.17, 15) is 4.79 Å². The van der Waals surface area contributed by atoms with Gasteiger partial charge in [-0.15, -0.1) is 0 Å². The fraction of sp³-hybridized carbons (Fsp3) is 0.316. The maximum absolute atomic E-state index is 12.6. The SMILES string of the molecule is O=C(N[C@@H]1CCCc2ccccc21)[C@@H]1Cc2ccccc2O1. The molecule has 4 rings (SSSR count). The summed E-state index contributed by atoms with van der Waals surface area (Å²) < 4.78 is 5.79. The highest BCUT2D eigenvalue weighted by Gasteiger charge is 2.31. The van der Waals surface area contributed by atoms with E-state index in [2.05, 4.69) is 23.5 Å². The highest BCUT2D eigenvalue weighted by Crippen LogP contribution is 2.31. The lowest BCUT2D eigenvalue weighted by atomic mass is 9.87. The summed E-state index contributed by atoms with van der Waals surface area (Å²) in [5, 5.41) is 3.19. The Labute approximate surface area is 130 Å². The van der Waals surface area contributed by atoms with Gasteiger partial charge in [0.2, 0.25) is 0 Å². The lowest BCUT2D eigenvalue weighted by Gasteiger charge is -2.27. The molecule has 2 aliphatic rings. The van der Waals surface area contributed by atoms with E-state index < -0.39 is 6.10 Å². The van der Waals surface area contributed by atoms with Crippen LogP contribution in [-0.2, 0) is 17.6 Å². The summed E-state index contributed by atoms with van der Waals surface area (Å²) in [6.07, 6.45) is 3.49. The van der Waals surface area contributed by atoms with Crippen LogP contribution in [0.25, 0.3) is 0 Å². The number of ether oxygens (including phenoxy) is 1. The standard InChI is InChI=1S/C19H19NO2/c21-19(18-12-14-7-2-4-11-17(14)22-18)20-16-10-5-8-13-6-1-3-9-15(13)16/h1-4,6-7,9,11,16,18H,5,8,10,12H2,(H,20,21)/t16-,18+/m1/s1. The van der Waals surface area contributed by atoms with E-state index >= 15 is 0 Å². The van der Waals surface area contributed by atoms with Crippen molar-refractivity contribution in [3.8, 4) is 5.75 Å². The molecule has 1 amide bonds. The van der Waals surface area contributed by atoms with Gasteiger partial charge in [0.1, 0.15) is 5.75 Å². The minimum Gasteiger partial charge on any atom is -0.480 e. The van der Waals surface area contributed by atoms with Crippen molar-refractivity contribution in [3.05, 3.63) is 65.2 Å². The van der Waals surface area contributed by atoms with Crippen LogP contribution in [0.1, 0.15) is 35.6 Å². The highest BCUT2D eigenvalue weighted by atomic mass is 16.5. The third-order valence-corrected chi connectivity index (χ3v) is 4.63. The molecule has 1 heterocycles. The molecule has 2 aromatic rings. The van der Waals surface area contributed by atoms with Crippen molar-refractivity contribution in [1.29, 1.82) is 0 Å². The van der Waals surface area contributed by atoms with Gasteiger partial charge in [-0.1, -0.05) is 42.5 Å². The van der Waals surface area contributed by atoms with Gasteiger partial charge in [-0.25, -0.2) is 0 Å². The average molecular weight is 293 g/mol. The Kier molecular flexibility index (Phi) is 3.34. The van der Waals surface area contributed by atoms with Gasteiger partial charge in [0, 0.05) is 6.42 Å². The molecule has 22 heavy (non-hydrogen) atoms. The largest absolute Gasteiger partial charge is 0.480 e. The van der Waals surface area contributed by atoms with E-state index in [1.165, 1.54) is 11.1 Å². The van der Waals surface area contributed by atoms with Crippen LogP contribution in [0.15, 0.2) is 48.5 Å². The number of benzene rings is 2. The van der Waals surface area contributed by atoms with Crippen molar-refractivity contribution < 1.29 is 9.53 Å². The number of hydrogen-bond acceptors (Lipinski definition) is 2. The number of para-hydroxylation sites is 1. The maximum Gasteiger partial charge on any atom is 0.261 e. The van der Waals surface area contributed by atoms with Crippen molar-refractivity contribution in [2.75, 3.05) is 0 Å². The molecule has 1 aliphatic heterocycles. The molecule has 112 valence electrons. The van der Waals surface area contributed by atoms with Gasteiger partial charge in [0.05, 0.1) is 6.04 Å². The van der Waals surface area contributed by atoms with E-state index in [1.807, 2.05) is 30.3 Å². The number of nitrogens with one attached hydrogen (secondary N) is 1. The molecule has 1 aliphatic carbocycles. The van der Waals surface area contributed by atoms with E-state index in [0.29, 0.717) is 6.42 Å². The van der Waals surface area contributed by atoms with Crippen molar-refractivity contribution in [1.82, 2.24) is 5.32 Å². The van der Waals surface area contributed by atoms with Gasteiger partial charge in [-0.3, -0.25) is 4.79 Å². The summed E-state index contributed by atoms with van der Waals surface area (Å²) in [7, 11) is 0. The molecule has 2 atom stereocenters. The maximum atomic E-state index is 12.6. The van der Waals surface area contributed by atoms with Gasteiger partial charge in [-0.05, 0) is 42.0 Å². The van der Waals surface area contributed by atoms with Crippen molar-refractivity contribution in [2.45, 2.75) is 37.8 Å². The number of amides is 1. The second-order valence-corrected chi connectivity index (χ2v) is 6.07. The fourth-order valence-corrected chi connectivity index (χ4v) is 3.50. The molecule has 3 heteroatoms. The zero-order valence-electron chi connectivity index (χ0n) is 12.4. The number of carbonyl (C=O) groups is 1. The normalized spacial score (nSPS) is 22.4. The number of carbonyl (C=O) groups excluding carboxylic acids is 1. The van der Waals surface area contributed by atoms with Crippen LogP contribution in [0.5, 0.6) is 5.75 Å². The van der Waals surface area contributed by atoms with Crippen LogP contribution >= 0.6 is 0 Å². The summed E-state index contributed by atoms with van der Waals surface area (Å²) in [5.41, 5.74) is 3.74. The van der Waals surface area contributed by atoms with Crippen LogP contribution in [0, 0.1) is 0 Å². The first-order chi connectivity index (χ1) is 10.8. The molecular weight excluding hydrogens is 274 g/mol. The smallest absolute Gasteiger partial charge is 0.261 e. The van der Waals surface area contributed by atoms with Crippen LogP contribution in [0.2, 0.25) is 0 Å². The van der Waals surface area contributed by atoms with E-state index in [0.717, 1.165) is 30.6 Å². The van der Waals surface area contributed by atoms with Gasteiger partial charge in [0.15, 0.2) is 6.10 Å². The lowest BCUT2D eigenvalue weighted by molar-refractivity contribution is -0.128. The number of rotatable bonds is 2. The van der Waals surface area contributed by atoms with Gasteiger partial charge in [-0.2, -0.15) is 0 Å².